The fourth-order valence-corrected chi connectivity index (χ4v) is 3.65. The second-order valence-electron chi connectivity index (χ2n) is 4.79. The molecule has 0 aliphatic carbocycles. The zero-order valence-electron chi connectivity index (χ0n) is 11.3. The van der Waals surface area contributed by atoms with Crippen LogP contribution < -0.4 is 5.32 Å². The van der Waals surface area contributed by atoms with Crippen molar-refractivity contribution in [3.63, 3.8) is 0 Å². The zero-order valence-corrected chi connectivity index (χ0v) is 12.9. The van der Waals surface area contributed by atoms with Crippen molar-refractivity contribution in [2.45, 2.75) is 53.0 Å². The SMILES string of the molecule is CCCNC(c1scc(C)c1Cl)C(C)CCC. The summed E-state index contributed by atoms with van der Waals surface area (Å²) in [6, 6.07) is 0.418. The van der Waals surface area contributed by atoms with Crippen LogP contribution in [-0.4, -0.2) is 6.54 Å². The third-order valence-corrected chi connectivity index (χ3v) is 4.93. The Hall–Kier alpha value is -0.0500. The van der Waals surface area contributed by atoms with Crippen molar-refractivity contribution in [3.05, 3.63) is 20.8 Å². The summed E-state index contributed by atoms with van der Waals surface area (Å²) in [6.07, 6.45) is 3.64. The Labute approximate surface area is 115 Å². The highest BCUT2D eigenvalue weighted by molar-refractivity contribution is 7.10. The van der Waals surface area contributed by atoms with Crippen LogP contribution in [-0.2, 0) is 0 Å². The zero-order chi connectivity index (χ0) is 12.8. The molecule has 0 radical (unpaired) electrons. The normalized spacial score (nSPS) is 14.9. The van der Waals surface area contributed by atoms with Gasteiger partial charge in [-0.2, -0.15) is 0 Å². The molecule has 0 saturated heterocycles. The molecule has 3 heteroatoms. The quantitative estimate of drug-likeness (QED) is 0.721. The van der Waals surface area contributed by atoms with Gasteiger partial charge in [0.1, 0.15) is 0 Å². The highest BCUT2D eigenvalue weighted by atomic mass is 35.5. The van der Waals surface area contributed by atoms with Crippen LogP contribution in [0.4, 0.5) is 0 Å². The van der Waals surface area contributed by atoms with Crippen molar-refractivity contribution >= 4 is 22.9 Å². The van der Waals surface area contributed by atoms with Gasteiger partial charge >= 0.3 is 0 Å². The van der Waals surface area contributed by atoms with E-state index in [1.54, 1.807) is 11.3 Å². The molecule has 17 heavy (non-hydrogen) atoms. The van der Waals surface area contributed by atoms with Crippen molar-refractivity contribution < 1.29 is 0 Å². The molecule has 0 saturated carbocycles. The molecule has 0 aliphatic heterocycles. The van der Waals surface area contributed by atoms with Crippen LogP contribution in [0, 0.1) is 12.8 Å². The van der Waals surface area contributed by atoms with Crippen LogP contribution in [0.25, 0.3) is 0 Å². The molecule has 1 rings (SSSR count). The van der Waals surface area contributed by atoms with Gasteiger partial charge in [0.2, 0.25) is 0 Å². The predicted molar refractivity (Wildman–Crippen MR) is 79.2 cm³/mol. The lowest BCUT2D eigenvalue weighted by Crippen LogP contribution is -2.27. The van der Waals surface area contributed by atoms with E-state index in [9.17, 15) is 0 Å². The average molecular weight is 274 g/mol. The van der Waals surface area contributed by atoms with E-state index < -0.39 is 0 Å². The monoisotopic (exact) mass is 273 g/mol. The second-order valence-corrected chi connectivity index (χ2v) is 6.08. The van der Waals surface area contributed by atoms with Gasteiger partial charge in [0.25, 0.3) is 0 Å². The Morgan fingerprint density at radius 3 is 2.53 bits per heavy atom. The summed E-state index contributed by atoms with van der Waals surface area (Å²) < 4.78 is 0. The number of hydrogen-bond acceptors (Lipinski definition) is 2. The summed E-state index contributed by atoms with van der Waals surface area (Å²) in [7, 11) is 0. The molecule has 0 aromatic carbocycles. The van der Waals surface area contributed by atoms with Crippen LogP contribution in [0.1, 0.15) is 56.5 Å². The number of hydrogen-bond donors (Lipinski definition) is 1. The Morgan fingerprint density at radius 1 is 1.35 bits per heavy atom. The minimum atomic E-state index is 0.418. The van der Waals surface area contributed by atoms with E-state index in [1.807, 2.05) is 0 Å². The molecule has 0 fully saturated rings. The van der Waals surface area contributed by atoms with Gasteiger partial charge in [0, 0.05) is 10.9 Å². The molecule has 0 aliphatic rings. The molecule has 2 unspecified atom stereocenters. The van der Waals surface area contributed by atoms with Gasteiger partial charge < -0.3 is 5.32 Å². The minimum absolute atomic E-state index is 0.418. The highest BCUT2D eigenvalue weighted by Gasteiger charge is 2.22. The fourth-order valence-electron chi connectivity index (χ4n) is 2.13. The van der Waals surface area contributed by atoms with Crippen LogP contribution in [0.2, 0.25) is 5.02 Å². The lowest BCUT2D eigenvalue weighted by Gasteiger charge is -2.24. The van der Waals surface area contributed by atoms with E-state index in [0.29, 0.717) is 12.0 Å². The highest BCUT2D eigenvalue weighted by Crippen LogP contribution is 2.37. The van der Waals surface area contributed by atoms with Gasteiger partial charge in [-0.05, 0) is 43.2 Å². The maximum absolute atomic E-state index is 6.40. The molecule has 1 N–H and O–H groups in total. The van der Waals surface area contributed by atoms with E-state index in [0.717, 1.165) is 18.0 Å². The van der Waals surface area contributed by atoms with E-state index in [1.165, 1.54) is 23.3 Å². The molecule has 2 atom stereocenters. The van der Waals surface area contributed by atoms with Crippen molar-refractivity contribution in [3.8, 4) is 0 Å². The number of halogens is 1. The third kappa shape index (κ3) is 3.97. The first-order valence-corrected chi connectivity index (χ1v) is 7.84. The summed E-state index contributed by atoms with van der Waals surface area (Å²) in [4.78, 5) is 1.32. The van der Waals surface area contributed by atoms with Crippen LogP contribution in [0.5, 0.6) is 0 Å². The van der Waals surface area contributed by atoms with E-state index in [2.05, 4.69) is 38.4 Å². The summed E-state index contributed by atoms with van der Waals surface area (Å²) in [6.45, 7) is 9.92. The minimum Gasteiger partial charge on any atom is -0.309 e. The van der Waals surface area contributed by atoms with Crippen molar-refractivity contribution in [1.82, 2.24) is 5.32 Å². The molecular weight excluding hydrogens is 250 g/mol. The molecule has 0 bridgehead atoms. The molecule has 1 aromatic rings. The number of aryl methyl sites for hydroxylation is 1. The maximum Gasteiger partial charge on any atom is 0.0590 e. The van der Waals surface area contributed by atoms with Gasteiger partial charge in [-0.25, -0.2) is 0 Å². The molecule has 0 amide bonds. The largest absolute Gasteiger partial charge is 0.309 e. The Balaban J connectivity index is 2.85. The Morgan fingerprint density at radius 2 is 2.06 bits per heavy atom. The third-order valence-electron chi connectivity index (χ3n) is 3.13. The van der Waals surface area contributed by atoms with Gasteiger partial charge in [0.15, 0.2) is 0 Å². The summed E-state index contributed by atoms with van der Waals surface area (Å²) in [5.74, 6) is 0.641. The van der Waals surface area contributed by atoms with Crippen molar-refractivity contribution in [1.29, 1.82) is 0 Å². The van der Waals surface area contributed by atoms with Gasteiger partial charge in [-0.1, -0.05) is 38.8 Å². The van der Waals surface area contributed by atoms with Gasteiger partial charge in [0.05, 0.1) is 5.02 Å². The predicted octanol–water partition coefficient (Wildman–Crippen LogP) is 5.19. The van der Waals surface area contributed by atoms with Gasteiger partial charge in [-0.15, -0.1) is 11.3 Å². The summed E-state index contributed by atoms with van der Waals surface area (Å²) >= 11 is 8.19. The molecule has 1 aromatic heterocycles. The van der Waals surface area contributed by atoms with Gasteiger partial charge in [-0.3, -0.25) is 0 Å². The standard InChI is InChI=1S/C14H24ClNS/c1-5-7-10(3)13(16-8-6-2)14-12(15)11(4)9-17-14/h9-10,13,16H,5-8H2,1-4H3. The summed E-state index contributed by atoms with van der Waals surface area (Å²) in [5.41, 5.74) is 1.21. The lowest BCUT2D eigenvalue weighted by atomic mass is 9.95. The van der Waals surface area contributed by atoms with E-state index in [4.69, 9.17) is 11.6 Å². The number of thiophene rings is 1. The maximum atomic E-state index is 6.40. The van der Waals surface area contributed by atoms with Crippen LogP contribution in [0.15, 0.2) is 5.38 Å². The molecule has 1 heterocycles. The van der Waals surface area contributed by atoms with E-state index >= 15 is 0 Å². The molecule has 1 nitrogen and oxygen atoms in total. The first kappa shape index (κ1) is 15.0. The first-order chi connectivity index (χ1) is 8.11. The average Bonchev–Trinajstić information content (AvgIpc) is 2.62. The second kappa shape index (κ2) is 7.40. The molecule has 0 spiro atoms. The Kier molecular flexibility index (Phi) is 6.53. The van der Waals surface area contributed by atoms with E-state index in [-0.39, 0.29) is 0 Å². The fraction of sp³-hybridized carbons (Fsp3) is 0.714. The number of rotatable bonds is 7. The smallest absolute Gasteiger partial charge is 0.0590 e. The number of nitrogens with one attached hydrogen (secondary N) is 1. The Bertz CT molecular complexity index is 335. The van der Waals surface area contributed by atoms with Crippen molar-refractivity contribution in [2.24, 2.45) is 5.92 Å². The molecule has 98 valence electrons. The summed E-state index contributed by atoms with van der Waals surface area (Å²) in [5, 5.41) is 6.78. The first-order valence-electron chi connectivity index (χ1n) is 6.58. The topological polar surface area (TPSA) is 12.0 Å². The molecular formula is C14H24ClNS. The van der Waals surface area contributed by atoms with Crippen LogP contribution in [0.3, 0.4) is 0 Å². The van der Waals surface area contributed by atoms with Crippen LogP contribution >= 0.6 is 22.9 Å². The lowest BCUT2D eigenvalue weighted by molar-refractivity contribution is 0.368. The van der Waals surface area contributed by atoms with Crippen molar-refractivity contribution in [2.75, 3.05) is 6.54 Å².